The van der Waals surface area contributed by atoms with Gasteiger partial charge in [-0.25, -0.2) is 23.4 Å². The molecule has 3 aliphatic rings. The number of sulfone groups is 1. The van der Waals surface area contributed by atoms with Crippen LogP contribution in [0, 0.1) is 29.6 Å². The van der Waals surface area contributed by atoms with E-state index in [0.29, 0.717) is 48.4 Å². The van der Waals surface area contributed by atoms with Crippen LogP contribution in [0.3, 0.4) is 0 Å². The fourth-order valence-corrected chi connectivity index (χ4v) is 7.25. The van der Waals surface area contributed by atoms with Crippen molar-refractivity contribution in [1.82, 2.24) is 15.0 Å². The van der Waals surface area contributed by atoms with Crippen LogP contribution in [-0.2, 0) is 14.6 Å². The summed E-state index contributed by atoms with van der Waals surface area (Å²) >= 11 is 0. The number of hydrogen-bond donors (Lipinski definition) is 0. The van der Waals surface area contributed by atoms with Gasteiger partial charge >= 0.3 is 0 Å². The third kappa shape index (κ3) is 5.39. The molecule has 1 saturated heterocycles. The highest BCUT2D eigenvalue weighted by Gasteiger charge is 2.47. The van der Waals surface area contributed by atoms with Crippen molar-refractivity contribution in [3.63, 3.8) is 0 Å². The Morgan fingerprint density at radius 3 is 2.50 bits per heavy atom. The first-order valence-corrected chi connectivity index (χ1v) is 15.9. The summed E-state index contributed by atoms with van der Waals surface area (Å²) in [5.74, 6) is 1.85. The quantitative estimate of drug-likeness (QED) is 0.397. The van der Waals surface area contributed by atoms with Crippen molar-refractivity contribution in [3.05, 3.63) is 48.1 Å². The van der Waals surface area contributed by atoms with Crippen LogP contribution in [0.25, 0.3) is 22.8 Å². The summed E-state index contributed by atoms with van der Waals surface area (Å²) in [6.07, 6.45) is 7.17. The second-order valence-corrected chi connectivity index (χ2v) is 13.7. The zero-order chi connectivity index (χ0) is 27.9. The van der Waals surface area contributed by atoms with Gasteiger partial charge in [0.05, 0.1) is 23.0 Å². The number of nitrogens with zero attached hydrogens (tertiary/aromatic N) is 5. The average molecular weight is 560 g/mol. The fourth-order valence-electron chi connectivity index (χ4n) is 6.05. The van der Waals surface area contributed by atoms with E-state index in [9.17, 15) is 18.5 Å². The number of carbonyl (C=O) groups is 1. The maximum Gasteiger partial charge on any atom is 0.246 e. The predicted molar refractivity (Wildman–Crippen MR) is 150 cm³/mol. The van der Waals surface area contributed by atoms with Gasteiger partial charge in [0.15, 0.2) is 9.84 Å². The highest BCUT2D eigenvalue weighted by atomic mass is 32.2. The predicted octanol–water partition coefficient (Wildman–Crippen LogP) is 4.88. The van der Waals surface area contributed by atoms with E-state index in [0.717, 1.165) is 49.8 Å². The van der Waals surface area contributed by atoms with Gasteiger partial charge in [0.2, 0.25) is 5.89 Å². The summed E-state index contributed by atoms with van der Waals surface area (Å²) in [5, 5.41) is 9.60. The third-order valence-corrected chi connectivity index (χ3v) is 10.2. The Balaban J connectivity index is 1.35. The van der Waals surface area contributed by atoms with Crippen LogP contribution in [0.1, 0.15) is 62.4 Å². The van der Waals surface area contributed by atoms with E-state index in [-0.39, 0.29) is 29.1 Å². The Bertz CT molecular complexity index is 1560. The van der Waals surface area contributed by atoms with Crippen molar-refractivity contribution < 1.29 is 17.6 Å². The molecule has 10 heteroatoms. The number of rotatable bonds is 7. The van der Waals surface area contributed by atoms with E-state index in [1.165, 1.54) is 0 Å². The Hall–Kier alpha value is -3.58. The van der Waals surface area contributed by atoms with Crippen LogP contribution in [0.2, 0.25) is 0 Å². The lowest BCUT2D eigenvalue weighted by molar-refractivity contribution is -0.125. The molecule has 2 aromatic heterocycles. The Labute approximate surface area is 234 Å². The molecule has 0 unspecified atom stereocenters. The normalized spacial score (nSPS) is 23.4. The average Bonchev–Trinajstić information content (AvgIpc) is 3.59. The molecule has 208 valence electrons. The van der Waals surface area contributed by atoms with Crippen LogP contribution < -0.4 is 4.90 Å². The molecule has 1 aromatic carbocycles. The van der Waals surface area contributed by atoms with E-state index in [2.05, 4.69) is 20.9 Å². The van der Waals surface area contributed by atoms with Crippen molar-refractivity contribution in [1.29, 1.82) is 5.26 Å². The van der Waals surface area contributed by atoms with Gasteiger partial charge in [-0.1, -0.05) is 25.0 Å². The first-order chi connectivity index (χ1) is 19.3. The summed E-state index contributed by atoms with van der Waals surface area (Å²) in [7, 11) is -2.96. The summed E-state index contributed by atoms with van der Waals surface area (Å²) in [6, 6.07) is 12.1. The number of Topliss-reactive ketones (excluding diaryl/α,β-unsaturated/α-hetero) is 1. The van der Waals surface area contributed by atoms with E-state index >= 15 is 0 Å². The SMILES string of the molecule is Cc1nccc(-c2nc(-c3ccc(N4CCS(=O)(=O)CC4)cc3)c([C@@H]3CCCC[C@H]3C(=O)CC3(C#N)CC3)o2)n1. The number of aromatic nitrogens is 3. The van der Waals surface area contributed by atoms with Crippen molar-refractivity contribution in [2.45, 2.75) is 57.8 Å². The van der Waals surface area contributed by atoms with Crippen LogP contribution in [0.4, 0.5) is 5.69 Å². The lowest BCUT2D eigenvalue weighted by atomic mass is 9.73. The molecule has 3 heterocycles. The van der Waals surface area contributed by atoms with E-state index in [1.807, 2.05) is 31.2 Å². The number of hydrogen-bond acceptors (Lipinski definition) is 9. The molecule has 0 spiro atoms. The van der Waals surface area contributed by atoms with Crippen molar-refractivity contribution >= 4 is 21.3 Å². The van der Waals surface area contributed by atoms with Crippen molar-refractivity contribution in [3.8, 4) is 28.9 Å². The molecule has 1 aliphatic heterocycles. The number of nitriles is 1. The number of benzene rings is 1. The summed E-state index contributed by atoms with van der Waals surface area (Å²) in [5.41, 5.74) is 2.65. The molecule has 0 bridgehead atoms. The molecule has 3 aromatic rings. The topological polar surface area (TPSA) is 130 Å². The van der Waals surface area contributed by atoms with E-state index < -0.39 is 15.3 Å². The Morgan fingerprint density at radius 2 is 1.82 bits per heavy atom. The molecule has 0 radical (unpaired) electrons. The zero-order valence-electron chi connectivity index (χ0n) is 22.7. The molecular weight excluding hydrogens is 526 g/mol. The second-order valence-electron chi connectivity index (χ2n) is 11.4. The largest absolute Gasteiger partial charge is 0.439 e. The van der Waals surface area contributed by atoms with Crippen molar-refractivity contribution in [2.75, 3.05) is 29.5 Å². The van der Waals surface area contributed by atoms with Gasteiger partial charge in [0.25, 0.3) is 0 Å². The first-order valence-electron chi connectivity index (χ1n) is 14.1. The third-order valence-electron chi connectivity index (χ3n) is 8.62. The molecule has 9 nitrogen and oxygen atoms in total. The van der Waals surface area contributed by atoms with E-state index in [1.54, 1.807) is 12.3 Å². The minimum Gasteiger partial charge on any atom is -0.439 e. The minimum absolute atomic E-state index is 0.123. The lowest BCUT2D eigenvalue weighted by Gasteiger charge is -2.30. The maximum atomic E-state index is 13.5. The summed E-state index contributed by atoms with van der Waals surface area (Å²) in [6.45, 7) is 2.77. The Morgan fingerprint density at radius 1 is 1.10 bits per heavy atom. The number of oxazole rings is 1. The molecule has 0 amide bonds. The van der Waals surface area contributed by atoms with Crippen LogP contribution in [0.15, 0.2) is 40.9 Å². The summed E-state index contributed by atoms with van der Waals surface area (Å²) in [4.78, 5) is 29.3. The minimum atomic E-state index is -2.96. The van der Waals surface area contributed by atoms with Crippen molar-refractivity contribution in [2.24, 2.45) is 11.3 Å². The van der Waals surface area contributed by atoms with Gasteiger partial charge in [-0.05, 0) is 50.8 Å². The lowest BCUT2D eigenvalue weighted by Crippen LogP contribution is -2.40. The number of ketones is 1. The number of carbonyl (C=O) groups excluding carboxylic acids is 1. The standard InChI is InChI=1S/C30H33N5O4S/c1-20-32-13-10-25(33-20)29-34-27(21-6-8-22(9-7-21)35-14-16-40(37,38)17-15-35)28(39-29)24-5-3-2-4-23(24)26(36)18-30(19-31)11-12-30/h6-10,13,23-24H,2-5,11-12,14-18H2,1H3/t23-,24-/m1/s1. The fraction of sp³-hybridized carbons (Fsp3) is 0.500. The highest BCUT2D eigenvalue weighted by molar-refractivity contribution is 7.91. The second kappa shape index (κ2) is 10.4. The molecule has 3 fully saturated rings. The first kappa shape index (κ1) is 26.6. The highest BCUT2D eigenvalue weighted by Crippen LogP contribution is 2.51. The molecule has 2 saturated carbocycles. The molecular formula is C30H33N5O4S. The number of aryl methyl sites for hydroxylation is 1. The van der Waals surface area contributed by atoms with E-state index in [4.69, 9.17) is 9.40 Å². The van der Waals surface area contributed by atoms with Crippen LogP contribution in [-0.4, -0.2) is 53.7 Å². The van der Waals surface area contributed by atoms with Crippen LogP contribution in [0.5, 0.6) is 0 Å². The van der Waals surface area contributed by atoms with Gasteiger partial charge in [0, 0.05) is 48.8 Å². The van der Waals surface area contributed by atoms with Gasteiger partial charge in [-0.15, -0.1) is 0 Å². The molecule has 2 atom stereocenters. The molecule has 40 heavy (non-hydrogen) atoms. The molecule has 0 N–H and O–H groups in total. The molecule has 6 rings (SSSR count). The van der Waals surface area contributed by atoms with Gasteiger partial charge in [-0.2, -0.15) is 5.26 Å². The summed E-state index contributed by atoms with van der Waals surface area (Å²) < 4.78 is 30.2. The van der Waals surface area contributed by atoms with Gasteiger partial charge in [-0.3, -0.25) is 4.79 Å². The molecule has 2 aliphatic carbocycles. The number of anilines is 1. The zero-order valence-corrected chi connectivity index (χ0v) is 23.5. The van der Waals surface area contributed by atoms with Gasteiger partial charge in [0.1, 0.15) is 28.8 Å². The maximum absolute atomic E-state index is 13.5. The Kier molecular flexibility index (Phi) is 6.95. The van der Waals surface area contributed by atoms with Crippen LogP contribution >= 0.6 is 0 Å². The van der Waals surface area contributed by atoms with Gasteiger partial charge < -0.3 is 9.32 Å². The smallest absolute Gasteiger partial charge is 0.246 e. The monoisotopic (exact) mass is 559 g/mol.